The monoisotopic (exact) mass is 293 g/mol. The van der Waals surface area contributed by atoms with Crippen LogP contribution in [-0.2, 0) is 4.79 Å². The van der Waals surface area contributed by atoms with Crippen molar-refractivity contribution in [3.8, 4) is 5.75 Å². The van der Waals surface area contributed by atoms with Crippen molar-refractivity contribution in [1.29, 1.82) is 0 Å². The zero-order chi connectivity index (χ0) is 16.0. The summed E-state index contributed by atoms with van der Waals surface area (Å²) in [6.45, 7) is 7.99. The zero-order valence-corrected chi connectivity index (χ0v) is 13.0. The number of benzene rings is 1. The van der Waals surface area contributed by atoms with Gasteiger partial charge in [-0.15, -0.1) is 0 Å². The van der Waals surface area contributed by atoms with Crippen LogP contribution in [0.4, 0.5) is 0 Å². The third kappa shape index (κ3) is 6.79. The highest BCUT2D eigenvalue weighted by Crippen LogP contribution is 2.18. The van der Waals surface area contributed by atoms with Gasteiger partial charge in [0.05, 0.1) is 0 Å². The summed E-state index contributed by atoms with van der Waals surface area (Å²) in [7, 11) is 0. The lowest BCUT2D eigenvalue weighted by molar-refractivity contribution is -0.137. The van der Waals surface area contributed by atoms with Crippen molar-refractivity contribution in [2.45, 2.75) is 39.7 Å². The average molecular weight is 293 g/mol. The van der Waals surface area contributed by atoms with Crippen molar-refractivity contribution in [1.82, 2.24) is 5.32 Å². The molecule has 0 aliphatic heterocycles. The van der Waals surface area contributed by atoms with Gasteiger partial charge in [-0.1, -0.05) is 6.92 Å². The number of carboxylic acid groups (broad SMARTS) is 1. The van der Waals surface area contributed by atoms with Gasteiger partial charge in [0.2, 0.25) is 0 Å². The molecular weight excluding hydrogens is 270 g/mol. The van der Waals surface area contributed by atoms with E-state index in [0.29, 0.717) is 17.9 Å². The minimum Gasteiger partial charge on any atom is -0.488 e. The highest BCUT2D eigenvalue weighted by Gasteiger charge is 2.13. The number of carbonyl (C=O) groups excluding carboxylic acids is 1. The predicted molar refractivity (Wildman–Crippen MR) is 80.6 cm³/mol. The smallest absolute Gasteiger partial charge is 0.303 e. The maximum Gasteiger partial charge on any atom is 0.303 e. The van der Waals surface area contributed by atoms with E-state index in [-0.39, 0.29) is 23.8 Å². The number of hydrogen-bond acceptors (Lipinski definition) is 3. The number of carboxylic acids is 1. The van der Waals surface area contributed by atoms with Gasteiger partial charge in [0.15, 0.2) is 0 Å². The minimum atomic E-state index is -0.861. The van der Waals surface area contributed by atoms with E-state index < -0.39 is 5.97 Å². The third-order valence-electron chi connectivity index (χ3n) is 2.67. The number of rotatable bonds is 6. The highest BCUT2D eigenvalue weighted by molar-refractivity contribution is 5.94. The second-order valence-corrected chi connectivity index (χ2v) is 6.15. The van der Waals surface area contributed by atoms with E-state index in [9.17, 15) is 9.59 Å². The van der Waals surface area contributed by atoms with Crippen LogP contribution in [-0.4, -0.2) is 29.1 Å². The Balaban J connectivity index is 2.53. The first-order chi connectivity index (χ1) is 9.67. The van der Waals surface area contributed by atoms with Gasteiger partial charge in [-0.05, 0) is 51.0 Å². The fourth-order valence-corrected chi connectivity index (χ4v) is 1.77. The second-order valence-electron chi connectivity index (χ2n) is 6.15. The summed E-state index contributed by atoms with van der Waals surface area (Å²) in [6, 6.07) is 6.89. The molecule has 0 heterocycles. The molecule has 0 aliphatic carbocycles. The summed E-state index contributed by atoms with van der Waals surface area (Å²) in [5.74, 6) is -0.469. The van der Waals surface area contributed by atoms with Gasteiger partial charge in [-0.3, -0.25) is 9.59 Å². The Morgan fingerprint density at radius 1 is 1.24 bits per heavy atom. The number of amides is 1. The predicted octanol–water partition coefficient (Wildman–Crippen LogP) is 2.70. The van der Waals surface area contributed by atoms with Crippen LogP contribution in [0, 0.1) is 5.92 Å². The first-order valence-corrected chi connectivity index (χ1v) is 6.96. The van der Waals surface area contributed by atoms with E-state index in [1.807, 2.05) is 20.8 Å². The average Bonchev–Trinajstić information content (AvgIpc) is 2.34. The van der Waals surface area contributed by atoms with Gasteiger partial charge in [-0.25, -0.2) is 0 Å². The molecule has 21 heavy (non-hydrogen) atoms. The van der Waals surface area contributed by atoms with E-state index in [2.05, 4.69) is 5.32 Å². The van der Waals surface area contributed by atoms with Gasteiger partial charge in [-0.2, -0.15) is 0 Å². The molecule has 0 bridgehead atoms. The van der Waals surface area contributed by atoms with Crippen LogP contribution in [0.25, 0.3) is 0 Å². The second kappa shape index (κ2) is 7.11. The molecule has 0 radical (unpaired) electrons. The van der Waals surface area contributed by atoms with Crippen molar-refractivity contribution in [3.05, 3.63) is 29.8 Å². The molecule has 0 aliphatic rings. The van der Waals surface area contributed by atoms with Gasteiger partial charge in [0.25, 0.3) is 5.91 Å². The third-order valence-corrected chi connectivity index (χ3v) is 2.67. The topological polar surface area (TPSA) is 75.6 Å². The molecule has 0 fully saturated rings. The van der Waals surface area contributed by atoms with E-state index in [4.69, 9.17) is 9.84 Å². The standard InChI is InChI=1S/C16H23NO4/c1-11(9-14(18)19)10-17-15(20)12-5-7-13(8-6-12)21-16(2,3)4/h5-8,11H,9-10H2,1-4H3,(H,17,20)(H,18,19). The van der Waals surface area contributed by atoms with Crippen LogP contribution < -0.4 is 10.1 Å². The minimum absolute atomic E-state index is 0.0403. The van der Waals surface area contributed by atoms with Crippen LogP contribution in [0.2, 0.25) is 0 Å². The Labute approximate surface area is 125 Å². The maximum absolute atomic E-state index is 11.9. The van der Waals surface area contributed by atoms with Gasteiger partial charge in [0.1, 0.15) is 11.4 Å². The van der Waals surface area contributed by atoms with Crippen molar-refractivity contribution in [2.75, 3.05) is 6.54 Å². The first-order valence-electron chi connectivity index (χ1n) is 6.96. The van der Waals surface area contributed by atoms with Crippen molar-refractivity contribution < 1.29 is 19.4 Å². The molecule has 1 amide bonds. The van der Waals surface area contributed by atoms with Gasteiger partial charge < -0.3 is 15.2 Å². The van der Waals surface area contributed by atoms with Gasteiger partial charge >= 0.3 is 5.97 Å². The molecule has 0 spiro atoms. The van der Waals surface area contributed by atoms with Crippen LogP contribution in [0.5, 0.6) is 5.75 Å². The Hall–Kier alpha value is -2.04. The molecule has 5 nitrogen and oxygen atoms in total. The highest BCUT2D eigenvalue weighted by atomic mass is 16.5. The SMILES string of the molecule is CC(CNC(=O)c1ccc(OC(C)(C)C)cc1)CC(=O)O. The maximum atomic E-state index is 11.9. The summed E-state index contributed by atoms with van der Waals surface area (Å²) in [5.41, 5.74) is 0.245. The molecule has 0 saturated heterocycles. The summed E-state index contributed by atoms with van der Waals surface area (Å²) in [5, 5.41) is 11.4. The zero-order valence-electron chi connectivity index (χ0n) is 13.0. The van der Waals surface area contributed by atoms with E-state index >= 15 is 0 Å². The number of aliphatic carboxylic acids is 1. The summed E-state index contributed by atoms with van der Waals surface area (Å²) in [6.07, 6.45) is 0.0403. The van der Waals surface area contributed by atoms with Crippen LogP contribution in [0.15, 0.2) is 24.3 Å². The Bertz CT molecular complexity index is 488. The molecule has 2 N–H and O–H groups in total. The molecule has 1 aromatic carbocycles. The molecule has 0 saturated carbocycles. The van der Waals surface area contributed by atoms with Crippen LogP contribution >= 0.6 is 0 Å². The fourth-order valence-electron chi connectivity index (χ4n) is 1.77. The Kier molecular flexibility index (Phi) is 5.76. The van der Waals surface area contributed by atoms with E-state index in [1.165, 1.54) is 0 Å². The molecule has 0 aromatic heterocycles. The molecule has 1 atom stereocenters. The normalized spacial score (nSPS) is 12.6. The number of carbonyl (C=O) groups is 2. The van der Waals surface area contributed by atoms with Crippen LogP contribution in [0.1, 0.15) is 44.5 Å². The van der Waals surface area contributed by atoms with Crippen molar-refractivity contribution in [2.24, 2.45) is 5.92 Å². The summed E-state index contributed by atoms with van der Waals surface area (Å²) in [4.78, 5) is 22.5. The Morgan fingerprint density at radius 3 is 2.29 bits per heavy atom. The lowest BCUT2D eigenvalue weighted by atomic mass is 10.1. The molecule has 1 unspecified atom stereocenters. The largest absolute Gasteiger partial charge is 0.488 e. The van der Waals surface area contributed by atoms with E-state index in [1.54, 1.807) is 31.2 Å². The fraction of sp³-hybridized carbons (Fsp3) is 0.500. The molecule has 116 valence electrons. The lowest BCUT2D eigenvalue weighted by Gasteiger charge is -2.21. The number of ether oxygens (including phenoxy) is 1. The lowest BCUT2D eigenvalue weighted by Crippen LogP contribution is -2.29. The quantitative estimate of drug-likeness (QED) is 0.845. The summed E-state index contributed by atoms with van der Waals surface area (Å²) < 4.78 is 5.68. The van der Waals surface area contributed by atoms with Crippen LogP contribution in [0.3, 0.4) is 0 Å². The number of nitrogens with one attached hydrogen (secondary N) is 1. The van der Waals surface area contributed by atoms with Crippen molar-refractivity contribution >= 4 is 11.9 Å². The molecule has 1 rings (SSSR count). The first kappa shape index (κ1) is 17.0. The molecule has 5 heteroatoms. The van der Waals surface area contributed by atoms with Crippen molar-refractivity contribution in [3.63, 3.8) is 0 Å². The van der Waals surface area contributed by atoms with E-state index in [0.717, 1.165) is 0 Å². The summed E-state index contributed by atoms with van der Waals surface area (Å²) >= 11 is 0. The van der Waals surface area contributed by atoms with Gasteiger partial charge in [0, 0.05) is 18.5 Å². The molecular formula is C16H23NO4. The molecule has 1 aromatic rings. The number of hydrogen-bond donors (Lipinski definition) is 2. The Morgan fingerprint density at radius 2 is 1.81 bits per heavy atom.